The number of H-pyrrole nitrogens is 1. The summed E-state index contributed by atoms with van der Waals surface area (Å²) < 4.78 is 36.4. The highest BCUT2D eigenvalue weighted by molar-refractivity contribution is 5.79. The summed E-state index contributed by atoms with van der Waals surface area (Å²) in [7, 11) is 3.18. The number of aromatic nitrogens is 3. The van der Waals surface area contributed by atoms with E-state index in [2.05, 4.69) is 30.8 Å². The standard InChI is InChI=1S/C7H11F3N6/c1-11-6(12-2)13-3-4-14-5(16-15-4)7(8,9)10/h3H2,1-2H3,(H2,11,12,13)(H,14,15,16). The summed E-state index contributed by atoms with van der Waals surface area (Å²) in [5.41, 5.74) is 0. The number of hydrogen-bond donors (Lipinski definition) is 3. The van der Waals surface area contributed by atoms with E-state index in [-0.39, 0.29) is 12.4 Å². The minimum atomic E-state index is -4.53. The van der Waals surface area contributed by atoms with Gasteiger partial charge in [0.1, 0.15) is 5.82 Å². The van der Waals surface area contributed by atoms with Crippen LogP contribution < -0.4 is 10.6 Å². The summed E-state index contributed by atoms with van der Waals surface area (Å²) >= 11 is 0. The van der Waals surface area contributed by atoms with Crippen molar-refractivity contribution in [3.8, 4) is 0 Å². The van der Waals surface area contributed by atoms with Crippen LogP contribution in [0.5, 0.6) is 0 Å². The van der Waals surface area contributed by atoms with Crippen molar-refractivity contribution in [1.82, 2.24) is 25.8 Å². The second-order valence-electron chi connectivity index (χ2n) is 2.78. The predicted octanol–water partition coefficient (Wildman–Crippen LogP) is 0.118. The molecule has 0 aliphatic carbocycles. The van der Waals surface area contributed by atoms with Crippen molar-refractivity contribution in [2.24, 2.45) is 4.99 Å². The van der Waals surface area contributed by atoms with E-state index >= 15 is 0 Å². The van der Waals surface area contributed by atoms with Gasteiger partial charge in [0, 0.05) is 14.1 Å². The van der Waals surface area contributed by atoms with Gasteiger partial charge in [-0.25, -0.2) is 4.98 Å². The molecule has 0 unspecified atom stereocenters. The number of nitrogens with one attached hydrogen (secondary N) is 3. The van der Waals surface area contributed by atoms with Gasteiger partial charge in [-0.15, -0.1) is 5.10 Å². The van der Waals surface area contributed by atoms with E-state index in [4.69, 9.17) is 0 Å². The third-order valence-corrected chi connectivity index (χ3v) is 1.67. The van der Waals surface area contributed by atoms with Gasteiger partial charge >= 0.3 is 6.18 Å². The third-order valence-electron chi connectivity index (χ3n) is 1.67. The molecule has 1 aromatic heterocycles. The highest BCUT2D eigenvalue weighted by atomic mass is 19.4. The minimum absolute atomic E-state index is 0.0800. The van der Waals surface area contributed by atoms with E-state index in [0.717, 1.165) is 0 Å². The first-order valence-electron chi connectivity index (χ1n) is 4.34. The Bertz CT molecular complexity index is 368. The Kier molecular flexibility index (Phi) is 3.69. The van der Waals surface area contributed by atoms with Crippen molar-refractivity contribution in [3.63, 3.8) is 0 Å². The van der Waals surface area contributed by atoms with E-state index in [1.807, 2.05) is 0 Å². The van der Waals surface area contributed by atoms with Gasteiger partial charge in [0.2, 0.25) is 0 Å². The van der Waals surface area contributed by atoms with Gasteiger partial charge in [-0.1, -0.05) is 0 Å². The van der Waals surface area contributed by atoms with Crippen LogP contribution in [0.4, 0.5) is 13.2 Å². The Labute approximate surface area is 89.4 Å². The third kappa shape index (κ3) is 3.11. The Morgan fingerprint density at radius 2 is 2.19 bits per heavy atom. The number of guanidine groups is 1. The smallest absolute Gasteiger partial charge is 0.359 e. The van der Waals surface area contributed by atoms with Crippen molar-refractivity contribution in [3.05, 3.63) is 11.6 Å². The maximum absolute atomic E-state index is 12.1. The molecule has 0 atom stereocenters. The lowest BCUT2D eigenvalue weighted by Crippen LogP contribution is -2.34. The summed E-state index contributed by atoms with van der Waals surface area (Å²) in [4.78, 5) is 7.07. The van der Waals surface area contributed by atoms with E-state index in [9.17, 15) is 13.2 Å². The zero-order chi connectivity index (χ0) is 12.2. The summed E-state index contributed by atoms with van der Waals surface area (Å²) in [6.45, 7) is 0.0800. The van der Waals surface area contributed by atoms with Crippen LogP contribution in [-0.4, -0.2) is 35.2 Å². The fraction of sp³-hybridized carbons (Fsp3) is 0.571. The molecule has 1 aromatic rings. The minimum Gasteiger partial charge on any atom is -0.359 e. The van der Waals surface area contributed by atoms with Crippen LogP contribution in [0.2, 0.25) is 0 Å². The van der Waals surface area contributed by atoms with Crippen LogP contribution in [0, 0.1) is 0 Å². The average molecular weight is 236 g/mol. The second kappa shape index (κ2) is 4.81. The lowest BCUT2D eigenvalue weighted by Gasteiger charge is -2.05. The van der Waals surface area contributed by atoms with Crippen LogP contribution in [0.1, 0.15) is 11.6 Å². The van der Waals surface area contributed by atoms with Gasteiger partial charge in [-0.3, -0.25) is 10.1 Å². The molecule has 9 heteroatoms. The molecule has 0 saturated heterocycles. The number of halogens is 3. The lowest BCUT2D eigenvalue weighted by molar-refractivity contribution is -0.144. The quantitative estimate of drug-likeness (QED) is 0.503. The molecule has 6 nitrogen and oxygen atoms in total. The van der Waals surface area contributed by atoms with Crippen LogP contribution in [0.15, 0.2) is 4.99 Å². The van der Waals surface area contributed by atoms with Crippen molar-refractivity contribution in [2.75, 3.05) is 14.1 Å². The first-order valence-corrected chi connectivity index (χ1v) is 4.34. The van der Waals surface area contributed by atoms with Crippen molar-refractivity contribution < 1.29 is 13.2 Å². The number of alkyl halides is 3. The van der Waals surface area contributed by atoms with Crippen LogP contribution in [0.3, 0.4) is 0 Å². The highest BCUT2D eigenvalue weighted by Gasteiger charge is 2.35. The van der Waals surface area contributed by atoms with Crippen molar-refractivity contribution >= 4 is 5.96 Å². The fourth-order valence-corrected chi connectivity index (χ4v) is 0.948. The molecule has 0 fully saturated rings. The van der Waals surface area contributed by atoms with Crippen LogP contribution >= 0.6 is 0 Å². The normalized spacial score (nSPS) is 12.7. The molecule has 0 bridgehead atoms. The molecule has 0 aliphatic rings. The van der Waals surface area contributed by atoms with Crippen molar-refractivity contribution in [2.45, 2.75) is 12.7 Å². The number of rotatable bonds is 2. The summed E-state index contributed by atoms with van der Waals surface area (Å²) in [6, 6.07) is 0. The van der Waals surface area contributed by atoms with E-state index in [0.29, 0.717) is 5.96 Å². The molecule has 90 valence electrons. The fourth-order valence-electron chi connectivity index (χ4n) is 0.948. The van der Waals surface area contributed by atoms with Gasteiger partial charge < -0.3 is 10.6 Å². The first-order chi connectivity index (χ1) is 7.47. The Morgan fingerprint density at radius 3 is 2.62 bits per heavy atom. The van der Waals surface area contributed by atoms with Gasteiger partial charge in [0.25, 0.3) is 5.82 Å². The molecule has 0 saturated carbocycles. The van der Waals surface area contributed by atoms with Gasteiger partial charge in [-0.2, -0.15) is 13.2 Å². The zero-order valence-corrected chi connectivity index (χ0v) is 8.68. The van der Waals surface area contributed by atoms with Gasteiger partial charge in [0.05, 0.1) is 6.54 Å². The average Bonchev–Trinajstić information content (AvgIpc) is 2.67. The maximum atomic E-state index is 12.1. The van der Waals surface area contributed by atoms with E-state index in [1.54, 1.807) is 14.1 Å². The number of aliphatic imine (C=N–C) groups is 1. The molecule has 1 heterocycles. The van der Waals surface area contributed by atoms with Crippen LogP contribution in [-0.2, 0) is 12.7 Å². The molecule has 0 aromatic carbocycles. The molecule has 0 aliphatic heterocycles. The Balaban J connectivity index is 2.60. The largest absolute Gasteiger partial charge is 0.453 e. The molecule has 16 heavy (non-hydrogen) atoms. The van der Waals surface area contributed by atoms with E-state index in [1.165, 1.54) is 0 Å². The predicted molar refractivity (Wildman–Crippen MR) is 50.6 cm³/mol. The zero-order valence-electron chi connectivity index (χ0n) is 8.68. The first kappa shape index (κ1) is 12.3. The summed E-state index contributed by atoms with van der Waals surface area (Å²) in [5.74, 6) is -0.641. The van der Waals surface area contributed by atoms with Crippen LogP contribution in [0.25, 0.3) is 0 Å². The number of aromatic amines is 1. The van der Waals surface area contributed by atoms with Gasteiger partial charge in [0.15, 0.2) is 5.96 Å². The molecule has 0 radical (unpaired) electrons. The number of nitrogens with zero attached hydrogens (tertiary/aromatic N) is 3. The topological polar surface area (TPSA) is 78.0 Å². The Morgan fingerprint density at radius 1 is 1.50 bits per heavy atom. The number of hydrogen-bond acceptors (Lipinski definition) is 3. The molecule has 1 rings (SSSR count). The molecule has 0 amide bonds. The maximum Gasteiger partial charge on any atom is 0.453 e. The second-order valence-corrected chi connectivity index (χ2v) is 2.78. The molecular weight excluding hydrogens is 225 g/mol. The van der Waals surface area contributed by atoms with E-state index < -0.39 is 12.0 Å². The SMILES string of the molecule is CN=C(NC)NCc1nc(C(F)(F)F)n[nH]1. The molecular formula is C7H11F3N6. The van der Waals surface area contributed by atoms with Gasteiger partial charge in [-0.05, 0) is 0 Å². The summed E-state index contributed by atoms with van der Waals surface area (Å²) in [5, 5.41) is 10.7. The molecule has 3 N–H and O–H groups in total. The Hall–Kier alpha value is -1.80. The summed E-state index contributed by atoms with van der Waals surface area (Å²) in [6.07, 6.45) is -4.53. The lowest BCUT2D eigenvalue weighted by atomic mass is 10.5. The molecule has 0 spiro atoms. The highest BCUT2D eigenvalue weighted by Crippen LogP contribution is 2.25. The monoisotopic (exact) mass is 236 g/mol. The van der Waals surface area contributed by atoms with Crippen molar-refractivity contribution in [1.29, 1.82) is 0 Å².